The lowest BCUT2D eigenvalue weighted by Gasteiger charge is -2.25. The summed E-state index contributed by atoms with van der Waals surface area (Å²) in [6.45, 7) is 4.75. The topological polar surface area (TPSA) is 52.6 Å². The third-order valence-corrected chi connectivity index (χ3v) is 4.85. The molecule has 0 spiro atoms. The molecular formula is C21H22BrClO4. The molecule has 0 aromatic heterocycles. The van der Waals surface area contributed by atoms with Gasteiger partial charge in [0.05, 0.1) is 5.41 Å². The number of carbonyl (C=O) groups is 2. The Kier molecular flexibility index (Phi) is 7.45. The lowest BCUT2D eigenvalue weighted by atomic mass is 9.89. The van der Waals surface area contributed by atoms with Crippen molar-refractivity contribution in [2.75, 3.05) is 6.61 Å². The van der Waals surface area contributed by atoms with Crippen LogP contribution < -0.4 is 4.74 Å². The van der Waals surface area contributed by atoms with Crippen LogP contribution in [0, 0.1) is 5.41 Å². The summed E-state index contributed by atoms with van der Waals surface area (Å²) in [5.41, 5.74) is 1.43. The summed E-state index contributed by atoms with van der Waals surface area (Å²) < 4.78 is 10.7. The maximum absolute atomic E-state index is 12.5. The van der Waals surface area contributed by atoms with Crippen LogP contribution >= 0.6 is 27.5 Å². The standard InChI is InChI=1S/C21H22BrClO4/c1-14(24)26-13-21(2,3)19(25)20(22)27-18-10-6-16(7-11-18)12-15-4-8-17(23)9-5-15/h4-11,20H,12-13H2,1-3H3. The summed E-state index contributed by atoms with van der Waals surface area (Å²) in [5.74, 6) is -0.0402. The molecule has 0 saturated heterocycles. The predicted octanol–water partition coefficient (Wildman–Crippen LogP) is 5.19. The van der Waals surface area contributed by atoms with Gasteiger partial charge in [0.2, 0.25) is 5.01 Å². The molecule has 6 heteroatoms. The number of alkyl halides is 1. The summed E-state index contributed by atoms with van der Waals surface area (Å²) >= 11 is 9.18. The predicted molar refractivity (Wildman–Crippen MR) is 109 cm³/mol. The van der Waals surface area contributed by atoms with Crippen molar-refractivity contribution in [3.63, 3.8) is 0 Å². The van der Waals surface area contributed by atoms with E-state index >= 15 is 0 Å². The molecular weight excluding hydrogens is 432 g/mol. The average Bonchev–Trinajstić information content (AvgIpc) is 2.63. The van der Waals surface area contributed by atoms with Gasteiger partial charge in [-0.1, -0.05) is 35.9 Å². The molecule has 2 aromatic rings. The maximum Gasteiger partial charge on any atom is 0.302 e. The number of Topliss-reactive ketones (excluding diaryl/α,β-unsaturated/α-hetero) is 1. The van der Waals surface area contributed by atoms with Gasteiger partial charge in [-0.3, -0.25) is 9.59 Å². The molecule has 144 valence electrons. The number of ketones is 1. The van der Waals surface area contributed by atoms with Crippen LogP contribution in [0.5, 0.6) is 5.75 Å². The Bertz CT molecular complexity index is 785. The number of esters is 1. The number of carbonyl (C=O) groups excluding carboxylic acids is 2. The quantitative estimate of drug-likeness (QED) is 0.408. The van der Waals surface area contributed by atoms with E-state index in [1.807, 2.05) is 48.5 Å². The molecule has 2 aromatic carbocycles. The number of benzene rings is 2. The van der Waals surface area contributed by atoms with Crippen molar-refractivity contribution in [3.05, 3.63) is 64.7 Å². The third-order valence-electron chi connectivity index (χ3n) is 3.99. The second kappa shape index (κ2) is 9.38. The zero-order valence-corrected chi connectivity index (χ0v) is 17.8. The van der Waals surface area contributed by atoms with Gasteiger partial charge in [0.15, 0.2) is 5.78 Å². The van der Waals surface area contributed by atoms with E-state index in [0.29, 0.717) is 10.8 Å². The van der Waals surface area contributed by atoms with Crippen LogP contribution in [0.2, 0.25) is 5.02 Å². The Morgan fingerprint density at radius 1 is 1.04 bits per heavy atom. The van der Waals surface area contributed by atoms with E-state index in [2.05, 4.69) is 15.9 Å². The molecule has 1 unspecified atom stereocenters. The maximum atomic E-state index is 12.5. The average molecular weight is 454 g/mol. The fourth-order valence-corrected chi connectivity index (χ4v) is 3.32. The molecule has 2 rings (SSSR count). The van der Waals surface area contributed by atoms with Gasteiger partial charge in [-0.2, -0.15) is 0 Å². The molecule has 0 radical (unpaired) electrons. The highest BCUT2D eigenvalue weighted by molar-refractivity contribution is 9.09. The second-order valence-electron chi connectivity index (χ2n) is 6.91. The fourth-order valence-electron chi connectivity index (χ4n) is 2.36. The Labute approximate surface area is 172 Å². The molecule has 27 heavy (non-hydrogen) atoms. The Hall–Kier alpha value is -1.85. The minimum Gasteiger partial charge on any atom is -0.471 e. The number of ether oxygens (including phenoxy) is 2. The van der Waals surface area contributed by atoms with Gasteiger partial charge in [-0.05, 0) is 71.6 Å². The highest BCUT2D eigenvalue weighted by atomic mass is 79.9. The molecule has 4 nitrogen and oxygen atoms in total. The summed E-state index contributed by atoms with van der Waals surface area (Å²) in [6.07, 6.45) is 0.781. The smallest absolute Gasteiger partial charge is 0.302 e. The van der Waals surface area contributed by atoms with E-state index in [1.54, 1.807) is 13.8 Å². The van der Waals surface area contributed by atoms with Gasteiger partial charge < -0.3 is 9.47 Å². The van der Waals surface area contributed by atoms with Crippen molar-refractivity contribution in [3.8, 4) is 5.75 Å². The Morgan fingerprint density at radius 3 is 2.07 bits per heavy atom. The van der Waals surface area contributed by atoms with Gasteiger partial charge in [0.25, 0.3) is 0 Å². The van der Waals surface area contributed by atoms with Gasteiger partial charge in [-0.25, -0.2) is 0 Å². The van der Waals surface area contributed by atoms with E-state index in [0.717, 1.165) is 17.5 Å². The van der Waals surface area contributed by atoms with Crippen LogP contribution in [0.25, 0.3) is 0 Å². The van der Waals surface area contributed by atoms with E-state index in [-0.39, 0.29) is 12.4 Å². The zero-order chi connectivity index (χ0) is 20.0. The molecule has 0 aliphatic carbocycles. The monoisotopic (exact) mass is 452 g/mol. The molecule has 0 aliphatic rings. The van der Waals surface area contributed by atoms with Crippen molar-refractivity contribution in [2.45, 2.75) is 32.2 Å². The molecule has 0 amide bonds. The van der Waals surface area contributed by atoms with E-state index < -0.39 is 16.4 Å². The van der Waals surface area contributed by atoms with Crippen LogP contribution in [0.4, 0.5) is 0 Å². The number of halogens is 2. The molecule has 0 saturated carbocycles. The largest absolute Gasteiger partial charge is 0.471 e. The molecule has 0 N–H and O–H groups in total. The minimum atomic E-state index is -0.853. The van der Waals surface area contributed by atoms with Gasteiger partial charge >= 0.3 is 5.97 Å². The van der Waals surface area contributed by atoms with Crippen molar-refractivity contribution in [1.29, 1.82) is 0 Å². The molecule has 0 heterocycles. The van der Waals surface area contributed by atoms with Gasteiger partial charge in [0.1, 0.15) is 12.4 Å². The first kappa shape index (κ1) is 21.5. The number of rotatable bonds is 8. The first-order chi connectivity index (χ1) is 12.7. The summed E-state index contributed by atoms with van der Waals surface area (Å²) in [7, 11) is 0. The fraction of sp³-hybridized carbons (Fsp3) is 0.333. The SMILES string of the molecule is CC(=O)OCC(C)(C)C(=O)C(Br)Oc1ccc(Cc2ccc(Cl)cc2)cc1. The highest BCUT2D eigenvalue weighted by Crippen LogP contribution is 2.25. The van der Waals surface area contributed by atoms with Crippen LogP contribution in [-0.4, -0.2) is 23.4 Å². The van der Waals surface area contributed by atoms with Crippen LogP contribution in [0.1, 0.15) is 31.9 Å². The highest BCUT2D eigenvalue weighted by Gasteiger charge is 2.35. The summed E-state index contributed by atoms with van der Waals surface area (Å²) in [5, 5.41) is -0.114. The van der Waals surface area contributed by atoms with Crippen LogP contribution in [0.15, 0.2) is 48.5 Å². The van der Waals surface area contributed by atoms with E-state index in [9.17, 15) is 9.59 Å². The van der Waals surface area contributed by atoms with E-state index in [1.165, 1.54) is 6.92 Å². The van der Waals surface area contributed by atoms with Crippen molar-refractivity contribution in [1.82, 2.24) is 0 Å². The molecule has 0 aliphatic heterocycles. The van der Waals surface area contributed by atoms with E-state index in [4.69, 9.17) is 21.1 Å². The zero-order valence-electron chi connectivity index (χ0n) is 15.5. The summed E-state index contributed by atoms with van der Waals surface area (Å²) in [4.78, 5) is 23.5. The molecule has 0 fully saturated rings. The molecule has 1 atom stereocenters. The summed E-state index contributed by atoms with van der Waals surface area (Å²) in [6, 6.07) is 15.3. The third kappa shape index (κ3) is 6.67. The van der Waals surface area contributed by atoms with Crippen LogP contribution in [-0.2, 0) is 20.7 Å². The van der Waals surface area contributed by atoms with Gasteiger partial charge in [0, 0.05) is 11.9 Å². The van der Waals surface area contributed by atoms with Crippen molar-refractivity contribution < 1.29 is 19.1 Å². The lowest BCUT2D eigenvalue weighted by molar-refractivity contribution is -0.147. The first-order valence-corrected chi connectivity index (χ1v) is 9.78. The number of hydrogen-bond acceptors (Lipinski definition) is 4. The Morgan fingerprint density at radius 2 is 1.56 bits per heavy atom. The van der Waals surface area contributed by atoms with Gasteiger partial charge in [-0.15, -0.1) is 0 Å². The van der Waals surface area contributed by atoms with Crippen LogP contribution in [0.3, 0.4) is 0 Å². The normalized spacial score (nSPS) is 12.3. The minimum absolute atomic E-state index is 0.00660. The number of hydrogen-bond donors (Lipinski definition) is 0. The Balaban J connectivity index is 1.95. The molecule has 0 bridgehead atoms. The lowest BCUT2D eigenvalue weighted by Crippen LogP contribution is -2.38. The second-order valence-corrected chi connectivity index (χ2v) is 8.18. The first-order valence-electron chi connectivity index (χ1n) is 8.49. The van der Waals surface area contributed by atoms with Crippen molar-refractivity contribution in [2.24, 2.45) is 5.41 Å². The van der Waals surface area contributed by atoms with Crippen molar-refractivity contribution >= 4 is 39.3 Å².